The molecule has 2 N–H and O–H groups in total. The van der Waals surface area contributed by atoms with Crippen molar-refractivity contribution in [1.82, 2.24) is 4.98 Å². The second-order valence-corrected chi connectivity index (χ2v) is 3.68. The van der Waals surface area contributed by atoms with E-state index in [1.54, 1.807) is 6.20 Å². The molecule has 1 heterocycles. The molecule has 2 nitrogen and oxygen atoms in total. The molecular formula is C10H14N2. The van der Waals surface area contributed by atoms with Crippen molar-refractivity contribution >= 4 is 5.69 Å². The molecule has 0 aliphatic heterocycles. The van der Waals surface area contributed by atoms with Gasteiger partial charge in [0, 0.05) is 5.69 Å². The minimum atomic E-state index is 0.801. The first-order valence-corrected chi connectivity index (χ1v) is 4.46. The van der Waals surface area contributed by atoms with E-state index in [9.17, 15) is 0 Å². The Morgan fingerprint density at radius 2 is 2.33 bits per heavy atom. The summed E-state index contributed by atoms with van der Waals surface area (Å²) in [5, 5.41) is 0. The summed E-state index contributed by atoms with van der Waals surface area (Å²) in [6.07, 6.45) is 5.67. The van der Waals surface area contributed by atoms with E-state index in [-0.39, 0.29) is 0 Å². The van der Waals surface area contributed by atoms with Gasteiger partial charge >= 0.3 is 0 Å². The molecule has 0 unspecified atom stereocenters. The van der Waals surface area contributed by atoms with Crippen LogP contribution >= 0.6 is 0 Å². The molecule has 64 valence electrons. The third-order valence-electron chi connectivity index (χ3n) is 2.40. The molecule has 2 rings (SSSR count). The summed E-state index contributed by atoms with van der Waals surface area (Å²) in [6.45, 7) is 2.04. The van der Waals surface area contributed by atoms with Gasteiger partial charge in [0.1, 0.15) is 0 Å². The average Bonchev–Trinajstić information content (AvgIpc) is 2.81. The predicted octanol–water partition coefficient (Wildman–Crippen LogP) is 1.92. The Morgan fingerprint density at radius 3 is 2.92 bits per heavy atom. The van der Waals surface area contributed by atoms with Gasteiger partial charge in [0.2, 0.25) is 0 Å². The third-order valence-corrected chi connectivity index (χ3v) is 2.40. The van der Waals surface area contributed by atoms with Crippen LogP contribution in [0.1, 0.15) is 24.1 Å². The molecule has 0 amide bonds. The Bertz CT molecular complexity index is 290. The molecule has 1 aliphatic rings. The van der Waals surface area contributed by atoms with Crippen LogP contribution in [0.2, 0.25) is 0 Å². The molecule has 1 aromatic rings. The number of anilines is 1. The smallest absolute Gasteiger partial charge is 0.0530 e. The molecule has 2 heteroatoms. The maximum Gasteiger partial charge on any atom is 0.0530 e. The van der Waals surface area contributed by atoms with Gasteiger partial charge in [-0.25, -0.2) is 0 Å². The predicted molar refractivity (Wildman–Crippen MR) is 49.8 cm³/mol. The van der Waals surface area contributed by atoms with Crippen molar-refractivity contribution < 1.29 is 0 Å². The molecule has 1 saturated carbocycles. The maximum absolute atomic E-state index is 5.67. The molecule has 1 aliphatic carbocycles. The lowest BCUT2D eigenvalue weighted by Gasteiger charge is -2.02. The first-order chi connectivity index (χ1) is 5.75. The molecule has 0 saturated heterocycles. The van der Waals surface area contributed by atoms with E-state index >= 15 is 0 Å². The van der Waals surface area contributed by atoms with E-state index < -0.39 is 0 Å². The minimum absolute atomic E-state index is 0.801. The fourth-order valence-corrected chi connectivity index (χ4v) is 1.35. The highest BCUT2D eigenvalue weighted by Gasteiger charge is 2.21. The summed E-state index contributed by atoms with van der Waals surface area (Å²) in [7, 11) is 0. The Kier molecular flexibility index (Phi) is 1.75. The Balaban J connectivity index is 2.15. The summed E-state index contributed by atoms with van der Waals surface area (Å²) in [6, 6.07) is 2.10. The molecule has 0 aromatic carbocycles. The fourth-order valence-electron chi connectivity index (χ4n) is 1.35. The Labute approximate surface area is 72.8 Å². The topological polar surface area (TPSA) is 38.9 Å². The SMILES string of the molecule is Cc1cc(CC2CC2)ncc1N. The van der Waals surface area contributed by atoms with E-state index in [4.69, 9.17) is 5.73 Å². The summed E-state index contributed by atoms with van der Waals surface area (Å²) in [5.74, 6) is 0.903. The van der Waals surface area contributed by atoms with E-state index in [1.165, 1.54) is 18.5 Å². The van der Waals surface area contributed by atoms with Crippen LogP contribution in [-0.2, 0) is 6.42 Å². The van der Waals surface area contributed by atoms with Crippen molar-refractivity contribution in [2.75, 3.05) is 5.73 Å². The Hall–Kier alpha value is -1.05. The summed E-state index contributed by atoms with van der Waals surface area (Å²) < 4.78 is 0. The minimum Gasteiger partial charge on any atom is -0.397 e. The summed E-state index contributed by atoms with van der Waals surface area (Å²) in [4.78, 5) is 4.29. The number of nitrogens with two attached hydrogens (primary N) is 1. The van der Waals surface area contributed by atoms with Crippen LogP contribution in [0, 0.1) is 12.8 Å². The monoisotopic (exact) mass is 162 g/mol. The van der Waals surface area contributed by atoms with Crippen molar-refractivity contribution in [3.05, 3.63) is 23.5 Å². The molecule has 0 spiro atoms. The molecule has 12 heavy (non-hydrogen) atoms. The van der Waals surface area contributed by atoms with Crippen molar-refractivity contribution in [1.29, 1.82) is 0 Å². The molecular weight excluding hydrogens is 148 g/mol. The van der Waals surface area contributed by atoms with Gasteiger partial charge in [-0.15, -0.1) is 0 Å². The normalized spacial score (nSPS) is 16.4. The number of aromatic nitrogens is 1. The van der Waals surface area contributed by atoms with Crippen LogP contribution in [-0.4, -0.2) is 4.98 Å². The standard InChI is InChI=1S/C10H14N2/c1-7-4-9(5-8-2-3-8)12-6-10(7)11/h4,6,8H,2-3,5,11H2,1H3. The zero-order chi connectivity index (χ0) is 8.55. The van der Waals surface area contributed by atoms with Crippen molar-refractivity contribution in [3.8, 4) is 0 Å². The number of aryl methyl sites for hydroxylation is 1. The highest BCUT2D eigenvalue weighted by atomic mass is 14.7. The fraction of sp³-hybridized carbons (Fsp3) is 0.500. The van der Waals surface area contributed by atoms with Crippen LogP contribution < -0.4 is 5.73 Å². The first kappa shape index (κ1) is 7.59. The van der Waals surface area contributed by atoms with Crippen LogP contribution in [0.4, 0.5) is 5.69 Å². The zero-order valence-corrected chi connectivity index (χ0v) is 7.38. The maximum atomic E-state index is 5.67. The highest BCUT2D eigenvalue weighted by molar-refractivity contribution is 5.44. The summed E-state index contributed by atoms with van der Waals surface area (Å²) >= 11 is 0. The van der Waals surface area contributed by atoms with Gasteiger partial charge in [0.25, 0.3) is 0 Å². The van der Waals surface area contributed by atoms with Gasteiger partial charge in [0.15, 0.2) is 0 Å². The molecule has 0 bridgehead atoms. The average molecular weight is 162 g/mol. The number of hydrogen-bond acceptors (Lipinski definition) is 2. The lowest BCUT2D eigenvalue weighted by atomic mass is 10.1. The molecule has 0 radical (unpaired) electrons. The van der Waals surface area contributed by atoms with Crippen LogP contribution in [0.3, 0.4) is 0 Å². The van der Waals surface area contributed by atoms with Crippen molar-refractivity contribution in [2.24, 2.45) is 5.92 Å². The van der Waals surface area contributed by atoms with Gasteiger partial charge in [-0.2, -0.15) is 0 Å². The van der Waals surface area contributed by atoms with Crippen LogP contribution in [0.15, 0.2) is 12.3 Å². The van der Waals surface area contributed by atoms with Gasteiger partial charge < -0.3 is 5.73 Å². The number of nitrogens with zero attached hydrogens (tertiary/aromatic N) is 1. The zero-order valence-electron chi connectivity index (χ0n) is 7.38. The second-order valence-electron chi connectivity index (χ2n) is 3.68. The summed E-state index contributed by atoms with van der Waals surface area (Å²) in [5.41, 5.74) is 8.82. The third kappa shape index (κ3) is 1.58. The number of rotatable bonds is 2. The molecule has 1 fully saturated rings. The van der Waals surface area contributed by atoms with E-state index in [0.29, 0.717) is 0 Å². The van der Waals surface area contributed by atoms with Gasteiger partial charge in [0.05, 0.1) is 11.9 Å². The van der Waals surface area contributed by atoms with E-state index in [1.807, 2.05) is 6.92 Å². The van der Waals surface area contributed by atoms with Crippen LogP contribution in [0.5, 0.6) is 0 Å². The van der Waals surface area contributed by atoms with E-state index in [2.05, 4.69) is 11.1 Å². The van der Waals surface area contributed by atoms with Gasteiger partial charge in [-0.05, 0) is 43.7 Å². The van der Waals surface area contributed by atoms with Gasteiger partial charge in [-0.3, -0.25) is 4.98 Å². The first-order valence-electron chi connectivity index (χ1n) is 4.46. The molecule has 1 aromatic heterocycles. The number of nitrogen functional groups attached to an aromatic ring is 1. The Morgan fingerprint density at radius 1 is 1.58 bits per heavy atom. The van der Waals surface area contributed by atoms with Gasteiger partial charge in [-0.1, -0.05) is 0 Å². The molecule has 0 atom stereocenters. The quantitative estimate of drug-likeness (QED) is 0.721. The lowest BCUT2D eigenvalue weighted by Crippen LogP contribution is -1.96. The largest absolute Gasteiger partial charge is 0.397 e. The van der Waals surface area contributed by atoms with Crippen molar-refractivity contribution in [3.63, 3.8) is 0 Å². The second kappa shape index (κ2) is 2.77. The van der Waals surface area contributed by atoms with Crippen molar-refractivity contribution in [2.45, 2.75) is 26.2 Å². The van der Waals surface area contributed by atoms with E-state index in [0.717, 1.165) is 23.6 Å². The highest BCUT2D eigenvalue weighted by Crippen LogP contribution is 2.32. The number of pyridine rings is 1. The number of hydrogen-bond donors (Lipinski definition) is 1. The van der Waals surface area contributed by atoms with Crippen LogP contribution in [0.25, 0.3) is 0 Å². The lowest BCUT2D eigenvalue weighted by molar-refractivity contribution is 0.803.